The zero-order valence-electron chi connectivity index (χ0n) is 8.86. The van der Waals surface area contributed by atoms with Gasteiger partial charge in [0.15, 0.2) is 0 Å². The van der Waals surface area contributed by atoms with Gasteiger partial charge in [-0.05, 0) is 6.42 Å². The maximum absolute atomic E-state index is 10.3. The smallest absolute Gasteiger partial charge is 0.303 e. The average molecular weight is 229 g/mol. The van der Waals surface area contributed by atoms with Crippen molar-refractivity contribution < 1.29 is 9.90 Å². The number of anilines is 1. The summed E-state index contributed by atoms with van der Waals surface area (Å²) in [5, 5.41) is 12.3. The number of hydrogen-bond acceptors (Lipinski definition) is 5. The van der Waals surface area contributed by atoms with Crippen molar-refractivity contribution >= 4 is 22.6 Å². The zero-order chi connectivity index (χ0) is 11.3. The van der Waals surface area contributed by atoms with E-state index < -0.39 is 5.97 Å². The fourth-order valence-electron chi connectivity index (χ4n) is 0.976. The highest BCUT2D eigenvalue weighted by atomic mass is 32.1. The quantitative estimate of drug-likeness (QED) is 0.729. The lowest BCUT2D eigenvalue weighted by Crippen LogP contribution is -2.04. The van der Waals surface area contributed by atoms with Crippen molar-refractivity contribution in [3.05, 3.63) is 5.82 Å². The van der Waals surface area contributed by atoms with E-state index >= 15 is 0 Å². The molecule has 0 saturated heterocycles. The number of nitrogens with one attached hydrogen (secondary N) is 1. The third-order valence-corrected chi connectivity index (χ3v) is 2.49. The van der Waals surface area contributed by atoms with Gasteiger partial charge >= 0.3 is 5.97 Å². The van der Waals surface area contributed by atoms with Crippen LogP contribution in [0.25, 0.3) is 0 Å². The molecule has 0 amide bonds. The molecule has 0 fully saturated rings. The Morgan fingerprint density at radius 3 is 2.87 bits per heavy atom. The Hall–Kier alpha value is -1.17. The number of rotatable bonds is 6. The molecule has 6 heteroatoms. The summed E-state index contributed by atoms with van der Waals surface area (Å²) >= 11 is 1.32. The SMILES string of the molecule is CC(C)c1nsc(NCCCC(=O)O)n1. The average Bonchev–Trinajstić information content (AvgIpc) is 2.60. The fraction of sp³-hybridized carbons (Fsp3) is 0.667. The van der Waals surface area contributed by atoms with Gasteiger partial charge in [-0.3, -0.25) is 4.79 Å². The van der Waals surface area contributed by atoms with Crippen molar-refractivity contribution in [1.82, 2.24) is 9.36 Å². The fourth-order valence-corrected chi connectivity index (χ4v) is 1.71. The Morgan fingerprint density at radius 1 is 1.60 bits per heavy atom. The van der Waals surface area contributed by atoms with E-state index in [1.807, 2.05) is 13.8 Å². The van der Waals surface area contributed by atoms with Crippen LogP contribution in [0, 0.1) is 0 Å². The Kier molecular flexibility index (Phi) is 4.48. The molecular formula is C9H15N3O2S. The van der Waals surface area contributed by atoms with Gasteiger partial charge in [0.1, 0.15) is 5.82 Å². The Labute approximate surface area is 92.7 Å². The molecule has 2 N–H and O–H groups in total. The number of hydrogen-bond donors (Lipinski definition) is 2. The summed E-state index contributed by atoms with van der Waals surface area (Å²) in [7, 11) is 0. The van der Waals surface area contributed by atoms with E-state index in [1.54, 1.807) is 0 Å². The second-order valence-corrected chi connectivity index (χ2v) is 4.29. The molecule has 0 radical (unpaired) electrons. The zero-order valence-corrected chi connectivity index (χ0v) is 9.67. The van der Waals surface area contributed by atoms with Crippen molar-refractivity contribution in [2.75, 3.05) is 11.9 Å². The minimum absolute atomic E-state index is 0.183. The van der Waals surface area contributed by atoms with Crippen molar-refractivity contribution in [2.45, 2.75) is 32.6 Å². The van der Waals surface area contributed by atoms with Gasteiger partial charge in [-0.25, -0.2) is 4.98 Å². The molecule has 1 aromatic heterocycles. The van der Waals surface area contributed by atoms with Gasteiger partial charge in [-0.1, -0.05) is 13.8 Å². The molecule has 0 saturated carbocycles. The van der Waals surface area contributed by atoms with E-state index in [9.17, 15) is 4.79 Å². The first-order chi connectivity index (χ1) is 7.09. The van der Waals surface area contributed by atoms with Gasteiger partial charge in [0, 0.05) is 30.4 Å². The van der Waals surface area contributed by atoms with Crippen LogP contribution in [0.3, 0.4) is 0 Å². The van der Waals surface area contributed by atoms with Crippen molar-refractivity contribution in [3.63, 3.8) is 0 Å². The normalized spacial score (nSPS) is 10.6. The maximum atomic E-state index is 10.3. The number of aromatic nitrogens is 2. The van der Waals surface area contributed by atoms with Crippen molar-refractivity contribution in [2.24, 2.45) is 0 Å². The summed E-state index contributed by atoms with van der Waals surface area (Å²) in [4.78, 5) is 14.5. The van der Waals surface area contributed by atoms with E-state index in [2.05, 4.69) is 14.7 Å². The van der Waals surface area contributed by atoms with Gasteiger partial charge in [-0.2, -0.15) is 4.37 Å². The van der Waals surface area contributed by atoms with Crippen molar-refractivity contribution in [1.29, 1.82) is 0 Å². The van der Waals surface area contributed by atoms with Gasteiger partial charge in [0.25, 0.3) is 0 Å². The lowest BCUT2D eigenvalue weighted by atomic mass is 10.2. The summed E-state index contributed by atoms with van der Waals surface area (Å²) in [5.74, 6) is 0.397. The lowest BCUT2D eigenvalue weighted by Gasteiger charge is -1.99. The minimum atomic E-state index is -0.767. The van der Waals surface area contributed by atoms with Crippen LogP contribution >= 0.6 is 11.5 Å². The topological polar surface area (TPSA) is 75.1 Å². The summed E-state index contributed by atoms with van der Waals surface area (Å²) in [6.45, 7) is 4.70. The lowest BCUT2D eigenvalue weighted by molar-refractivity contribution is -0.137. The molecule has 0 aliphatic heterocycles. The number of carboxylic acid groups (broad SMARTS) is 1. The van der Waals surface area contributed by atoms with Gasteiger partial charge in [0.05, 0.1) is 0 Å². The first kappa shape index (κ1) is 11.9. The van der Waals surface area contributed by atoms with Crippen LogP contribution in [0.15, 0.2) is 0 Å². The van der Waals surface area contributed by atoms with Crippen molar-refractivity contribution in [3.8, 4) is 0 Å². The predicted octanol–water partition coefficient (Wildman–Crippen LogP) is 1.94. The molecule has 15 heavy (non-hydrogen) atoms. The maximum Gasteiger partial charge on any atom is 0.303 e. The Morgan fingerprint density at radius 2 is 2.33 bits per heavy atom. The molecular weight excluding hydrogens is 214 g/mol. The summed E-state index contributed by atoms with van der Waals surface area (Å²) in [6, 6.07) is 0. The molecule has 0 unspecified atom stereocenters. The number of nitrogens with zero attached hydrogens (tertiary/aromatic N) is 2. The molecule has 0 aromatic carbocycles. The summed E-state index contributed by atoms with van der Waals surface area (Å²) < 4.78 is 4.18. The van der Waals surface area contributed by atoms with Crippen LogP contribution in [-0.2, 0) is 4.79 Å². The van der Waals surface area contributed by atoms with E-state index in [4.69, 9.17) is 5.11 Å². The number of aliphatic carboxylic acids is 1. The molecule has 0 aliphatic carbocycles. The molecule has 1 rings (SSSR count). The highest BCUT2D eigenvalue weighted by Gasteiger charge is 2.06. The standard InChI is InChI=1S/C9H15N3O2S/c1-6(2)8-11-9(15-12-8)10-5-3-4-7(13)14/h6H,3-5H2,1-2H3,(H,13,14)(H,10,11,12). The second-order valence-electron chi connectivity index (χ2n) is 3.54. The number of carbonyl (C=O) groups is 1. The molecule has 84 valence electrons. The third-order valence-electron chi connectivity index (χ3n) is 1.80. The first-order valence-corrected chi connectivity index (χ1v) is 5.66. The van der Waals surface area contributed by atoms with Crippen LogP contribution in [0.1, 0.15) is 38.4 Å². The van der Waals surface area contributed by atoms with E-state index in [0.29, 0.717) is 18.9 Å². The predicted molar refractivity (Wildman–Crippen MR) is 59.4 cm³/mol. The van der Waals surface area contributed by atoms with E-state index in [-0.39, 0.29) is 6.42 Å². The molecule has 0 spiro atoms. The van der Waals surface area contributed by atoms with Gasteiger partial charge in [-0.15, -0.1) is 0 Å². The van der Waals surface area contributed by atoms with Crippen LogP contribution < -0.4 is 5.32 Å². The van der Waals surface area contributed by atoms with Crippen LogP contribution in [0.2, 0.25) is 0 Å². The van der Waals surface area contributed by atoms with Gasteiger partial charge < -0.3 is 10.4 Å². The molecule has 5 nitrogen and oxygen atoms in total. The first-order valence-electron chi connectivity index (χ1n) is 4.89. The molecule has 0 bridgehead atoms. The summed E-state index contributed by atoms with van der Waals surface area (Å²) in [6.07, 6.45) is 0.786. The van der Waals surface area contributed by atoms with Crippen LogP contribution in [0.5, 0.6) is 0 Å². The molecule has 1 heterocycles. The molecule has 1 aromatic rings. The van der Waals surface area contributed by atoms with E-state index in [1.165, 1.54) is 11.5 Å². The molecule has 0 atom stereocenters. The monoisotopic (exact) mass is 229 g/mol. The largest absolute Gasteiger partial charge is 0.481 e. The third kappa shape index (κ3) is 4.24. The minimum Gasteiger partial charge on any atom is -0.481 e. The highest BCUT2D eigenvalue weighted by Crippen LogP contribution is 2.17. The Bertz CT molecular complexity index is 325. The Balaban J connectivity index is 2.28. The highest BCUT2D eigenvalue weighted by molar-refractivity contribution is 7.09. The van der Waals surface area contributed by atoms with E-state index in [0.717, 1.165) is 11.0 Å². The second kappa shape index (κ2) is 5.65. The van der Waals surface area contributed by atoms with Crippen LogP contribution in [-0.4, -0.2) is 27.0 Å². The van der Waals surface area contributed by atoms with Crippen LogP contribution in [0.4, 0.5) is 5.13 Å². The summed E-state index contributed by atoms with van der Waals surface area (Å²) in [5.41, 5.74) is 0. The number of carboxylic acids is 1. The van der Waals surface area contributed by atoms with Gasteiger partial charge in [0.2, 0.25) is 5.13 Å². The molecule has 0 aliphatic rings.